The number of hydrogen-bond donors (Lipinski definition) is 0. The van der Waals surface area contributed by atoms with Gasteiger partial charge in [-0.15, -0.1) is 0 Å². The Labute approximate surface area is 215 Å². The number of carbonyl (C=O) groups is 1. The number of hydrogen-bond acceptors (Lipinski definition) is 4. The Balaban J connectivity index is 2.08. The molecule has 0 aliphatic rings. The third-order valence-electron chi connectivity index (χ3n) is 6.49. The van der Waals surface area contributed by atoms with Gasteiger partial charge in [0, 0.05) is 26.7 Å². The van der Waals surface area contributed by atoms with Crippen LogP contribution < -0.4 is 5.56 Å². The second-order valence-corrected chi connectivity index (χ2v) is 11.1. The van der Waals surface area contributed by atoms with Crippen molar-refractivity contribution in [2.75, 3.05) is 20.3 Å². The Morgan fingerprint density at radius 2 is 1.75 bits per heavy atom. The molecule has 3 aromatic rings. The Bertz CT molecular complexity index is 1220. The predicted molar refractivity (Wildman–Crippen MR) is 147 cm³/mol. The largest absolute Gasteiger partial charge is 0.385 e. The van der Waals surface area contributed by atoms with Crippen LogP contribution in [0, 0.1) is 18.3 Å². The van der Waals surface area contributed by atoms with Gasteiger partial charge >= 0.3 is 0 Å². The van der Waals surface area contributed by atoms with Crippen LogP contribution in [0.1, 0.15) is 71.3 Å². The highest BCUT2D eigenvalue weighted by molar-refractivity contribution is 5.79. The first-order chi connectivity index (χ1) is 17.0. The molecule has 1 aromatic heterocycles. The molecule has 0 radical (unpaired) electrons. The van der Waals surface area contributed by atoms with E-state index in [-0.39, 0.29) is 22.8 Å². The first-order valence-electron chi connectivity index (χ1n) is 12.9. The summed E-state index contributed by atoms with van der Waals surface area (Å²) < 4.78 is 6.94. The lowest BCUT2D eigenvalue weighted by Crippen LogP contribution is -2.39. The van der Waals surface area contributed by atoms with Crippen molar-refractivity contribution < 1.29 is 9.53 Å². The molecule has 1 heterocycles. The summed E-state index contributed by atoms with van der Waals surface area (Å²) in [6, 6.07) is 14.9. The van der Waals surface area contributed by atoms with E-state index in [0.29, 0.717) is 42.7 Å². The maximum atomic E-state index is 13.7. The fourth-order valence-electron chi connectivity index (χ4n) is 4.96. The summed E-state index contributed by atoms with van der Waals surface area (Å²) in [5.74, 6) is 0.892. The van der Waals surface area contributed by atoms with Crippen LogP contribution in [0.2, 0.25) is 0 Å². The zero-order valence-electron chi connectivity index (χ0n) is 22.9. The number of methoxy groups -OCH3 is 1. The molecule has 2 atom stereocenters. The molecule has 0 spiro atoms. The molecule has 2 aromatic carbocycles. The van der Waals surface area contributed by atoms with Gasteiger partial charge < -0.3 is 9.64 Å². The van der Waals surface area contributed by atoms with E-state index >= 15 is 0 Å². The summed E-state index contributed by atoms with van der Waals surface area (Å²) in [7, 11) is 1.67. The van der Waals surface area contributed by atoms with Crippen LogP contribution in [0.5, 0.6) is 0 Å². The van der Waals surface area contributed by atoms with Crippen molar-refractivity contribution in [3.8, 4) is 5.69 Å². The van der Waals surface area contributed by atoms with Crippen LogP contribution >= 0.6 is 0 Å². The molecule has 36 heavy (non-hydrogen) atoms. The number of nitrogens with zero attached hydrogens (tertiary/aromatic N) is 3. The molecule has 0 bridgehead atoms. The minimum atomic E-state index is -0.394. The molecule has 0 saturated carbocycles. The number of aromatic nitrogens is 2. The van der Waals surface area contributed by atoms with Gasteiger partial charge in [-0.3, -0.25) is 14.2 Å². The summed E-state index contributed by atoms with van der Waals surface area (Å²) in [6.45, 7) is 13.8. The Morgan fingerprint density at radius 1 is 1.08 bits per heavy atom. The highest BCUT2D eigenvalue weighted by atomic mass is 16.5. The molecule has 0 aliphatic heterocycles. The Kier molecular flexibility index (Phi) is 9.07. The highest BCUT2D eigenvalue weighted by Gasteiger charge is 2.28. The van der Waals surface area contributed by atoms with Crippen LogP contribution in [-0.4, -0.2) is 40.6 Å². The van der Waals surface area contributed by atoms with Gasteiger partial charge in [0.2, 0.25) is 5.91 Å². The van der Waals surface area contributed by atoms with E-state index in [2.05, 4.69) is 27.7 Å². The number of ether oxygens (including phenoxy) is 1. The predicted octanol–water partition coefficient (Wildman–Crippen LogP) is 6.08. The summed E-state index contributed by atoms with van der Waals surface area (Å²) >= 11 is 0. The van der Waals surface area contributed by atoms with Gasteiger partial charge in [0.25, 0.3) is 5.56 Å². The molecule has 0 N–H and O–H groups in total. The average molecular weight is 492 g/mol. The van der Waals surface area contributed by atoms with Crippen molar-refractivity contribution in [3.63, 3.8) is 0 Å². The van der Waals surface area contributed by atoms with Gasteiger partial charge in [0.15, 0.2) is 0 Å². The van der Waals surface area contributed by atoms with Crippen molar-refractivity contribution >= 4 is 16.8 Å². The van der Waals surface area contributed by atoms with Crippen molar-refractivity contribution in [1.29, 1.82) is 0 Å². The number of carbonyl (C=O) groups excluding carboxylic acids is 1. The van der Waals surface area contributed by atoms with Crippen LogP contribution in [0.15, 0.2) is 53.3 Å². The van der Waals surface area contributed by atoms with E-state index in [1.54, 1.807) is 17.7 Å². The molecule has 6 heteroatoms. The summed E-state index contributed by atoms with van der Waals surface area (Å²) in [6.07, 6.45) is 2.13. The van der Waals surface area contributed by atoms with Gasteiger partial charge in [-0.25, -0.2) is 4.98 Å². The van der Waals surface area contributed by atoms with E-state index in [1.165, 1.54) is 0 Å². The first kappa shape index (κ1) is 27.6. The second kappa shape index (κ2) is 11.8. The number of benzene rings is 2. The van der Waals surface area contributed by atoms with Gasteiger partial charge in [-0.2, -0.15) is 0 Å². The third kappa shape index (κ3) is 6.82. The second-order valence-electron chi connectivity index (χ2n) is 11.1. The molecule has 1 amide bonds. The molecular formula is C30H41N3O3. The van der Waals surface area contributed by atoms with E-state index in [9.17, 15) is 9.59 Å². The monoisotopic (exact) mass is 491 g/mol. The van der Waals surface area contributed by atoms with E-state index in [1.807, 2.05) is 61.2 Å². The summed E-state index contributed by atoms with van der Waals surface area (Å²) in [4.78, 5) is 34.2. The van der Waals surface area contributed by atoms with Crippen LogP contribution in [-0.2, 0) is 9.53 Å². The molecule has 3 rings (SSSR count). The fourth-order valence-corrected chi connectivity index (χ4v) is 4.96. The van der Waals surface area contributed by atoms with E-state index < -0.39 is 6.04 Å². The highest BCUT2D eigenvalue weighted by Crippen LogP contribution is 2.29. The molecule has 0 aliphatic carbocycles. The lowest BCUT2D eigenvalue weighted by Gasteiger charge is -2.32. The van der Waals surface area contributed by atoms with Gasteiger partial charge in [0.1, 0.15) is 5.82 Å². The van der Waals surface area contributed by atoms with Crippen LogP contribution in [0.4, 0.5) is 0 Å². The molecule has 0 saturated heterocycles. The summed E-state index contributed by atoms with van der Waals surface area (Å²) in [5, 5.41) is 0.560. The van der Waals surface area contributed by atoms with Crippen molar-refractivity contribution in [3.05, 3.63) is 70.3 Å². The normalized spacial score (nSPS) is 13.5. The van der Waals surface area contributed by atoms with Crippen LogP contribution in [0.25, 0.3) is 16.6 Å². The van der Waals surface area contributed by atoms with Crippen molar-refractivity contribution in [2.24, 2.45) is 11.3 Å². The Hall–Kier alpha value is -2.99. The van der Waals surface area contributed by atoms with Crippen LogP contribution in [0.3, 0.4) is 0 Å². The average Bonchev–Trinajstić information content (AvgIpc) is 2.81. The zero-order valence-corrected chi connectivity index (χ0v) is 22.9. The smallest absolute Gasteiger partial charge is 0.266 e. The molecule has 2 unspecified atom stereocenters. The van der Waals surface area contributed by atoms with Crippen molar-refractivity contribution in [2.45, 2.75) is 66.8 Å². The number of aryl methyl sites for hydroxylation is 1. The lowest BCUT2D eigenvalue weighted by atomic mass is 9.84. The maximum absolute atomic E-state index is 13.7. The standard InChI is InChI=1S/C30H41N3O3/c1-21-13-15-24(16-14-21)33-28(31-26-12-9-8-11-25(26)29(33)35)23(3)32(17-10-18-36-7)27(34)19-22(2)20-30(4,5)6/h8-9,11-16,22-23H,10,17-20H2,1-7H3. The first-order valence-corrected chi connectivity index (χ1v) is 12.9. The molecule has 0 fully saturated rings. The molecule has 194 valence electrons. The Morgan fingerprint density at radius 3 is 2.39 bits per heavy atom. The minimum absolute atomic E-state index is 0.0771. The zero-order chi connectivity index (χ0) is 26.5. The third-order valence-corrected chi connectivity index (χ3v) is 6.49. The number of rotatable bonds is 10. The van der Waals surface area contributed by atoms with Gasteiger partial charge in [-0.1, -0.05) is 57.5 Å². The maximum Gasteiger partial charge on any atom is 0.266 e. The lowest BCUT2D eigenvalue weighted by molar-refractivity contribution is -0.134. The number of para-hydroxylation sites is 1. The van der Waals surface area contributed by atoms with E-state index in [4.69, 9.17) is 9.72 Å². The number of amides is 1. The quantitative estimate of drug-likeness (QED) is 0.322. The van der Waals surface area contributed by atoms with Gasteiger partial charge in [0.05, 0.1) is 22.6 Å². The fraction of sp³-hybridized carbons (Fsp3) is 0.500. The molecule has 6 nitrogen and oxygen atoms in total. The van der Waals surface area contributed by atoms with Crippen molar-refractivity contribution in [1.82, 2.24) is 14.5 Å². The van der Waals surface area contributed by atoms with E-state index in [0.717, 1.165) is 17.7 Å². The topological polar surface area (TPSA) is 64.4 Å². The molecular weight excluding hydrogens is 450 g/mol. The summed E-state index contributed by atoms with van der Waals surface area (Å²) in [5.41, 5.74) is 2.52. The minimum Gasteiger partial charge on any atom is -0.385 e. The van der Waals surface area contributed by atoms with Gasteiger partial charge in [-0.05, 0) is 62.3 Å². The SMILES string of the molecule is COCCCN(C(=O)CC(C)CC(C)(C)C)C(C)c1nc2ccccc2c(=O)n1-c1ccc(C)cc1. The number of fused-ring (bicyclic) bond motifs is 1.